The third-order valence-corrected chi connectivity index (χ3v) is 3.89. The zero-order chi connectivity index (χ0) is 16.8. The van der Waals surface area contributed by atoms with Gasteiger partial charge in [-0.1, -0.05) is 12.1 Å². The van der Waals surface area contributed by atoms with Crippen molar-refractivity contribution < 1.29 is 13.9 Å². The van der Waals surface area contributed by atoms with Crippen LogP contribution in [0.1, 0.15) is 18.4 Å². The van der Waals surface area contributed by atoms with Crippen LogP contribution in [0.25, 0.3) is 0 Å². The summed E-state index contributed by atoms with van der Waals surface area (Å²) >= 11 is 0. The van der Waals surface area contributed by atoms with Gasteiger partial charge in [0.05, 0.1) is 11.9 Å². The molecule has 0 saturated carbocycles. The van der Waals surface area contributed by atoms with Gasteiger partial charge < -0.3 is 15.4 Å². The topological polar surface area (TPSA) is 63.2 Å². The molecule has 1 saturated heterocycles. The first-order valence-electron chi connectivity index (χ1n) is 8.07. The van der Waals surface area contributed by atoms with E-state index in [4.69, 9.17) is 4.74 Å². The summed E-state index contributed by atoms with van der Waals surface area (Å²) in [5.41, 5.74) is 1.93. The minimum atomic E-state index is -0.361. The van der Waals surface area contributed by atoms with Crippen LogP contribution in [0.4, 0.5) is 15.9 Å². The smallest absolute Gasteiger partial charge is 0.254 e. The highest BCUT2D eigenvalue weighted by Gasteiger charge is 2.23. The lowest BCUT2D eigenvalue weighted by atomic mass is 10.1. The Morgan fingerprint density at radius 3 is 2.75 bits per heavy atom. The van der Waals surface area contributed by atoms with Crippen LogP contribution in [0.5, 0.6) is 0 Å². The second kappa shape index (κ2) is 7.88. The number of pyridine rings is 1. The van der Waals surface area contributed by atoms with Gasteiger partial charge in [-0.2, -0.15) is 0 Å². The van der Waals surface area contributed by atoms with E-state index in [0.717, 1.165) is 37.1 Å². The minimum Gasteiger partial charge on any atom is -0.383 e. The summed E-state index contributed by atoms with van der Waals surface area (Å²) in [5.74, 6) is 0.146. The quantitative estimate of drug-likeness (QED) is 0.855. The molecule has 0 bridgehead atoms. The van der Waals surface area contributed by atoms with Crippen molar-refractivity contribution in [3.8, 4) is 0 Å². The number of rotatable bonds is 6. The van der Waals surface area contributed by atoms with Gasteiger partial charge >= 0.3 is 0 Å². The Bertz CT molecular complexity index is 668. The van der Waals surface area contributed by atoms with Gasteiger partial charge in [-0.3, -0.25) is 4.79 Å². The van der Waals surface area contributed by atoms with Gasteiger partial charge in [-0.25, -0.2) is 9.37 Å². The van der Waals surface area contributed by atoms with Crippen molar-refractivity contribution >= 4 is 17.4 Å². The van der Waals surface area contributed by atoms with E-state index in [-0.39, 0.29) is 17.8 Å². The molecule has 1 atom stereocenters. The fourth-order valence-corrected chi connectivity index (χ4v) is 2.57. The summed E-state index contributed by atoms with van der Waals surface area (Å²) in [5, 5.41) is 6.01. The number of halogens is 1. The summed E-state index contributed by atoms with van der Waals surface area (Å²) in [7, 11) is 0. The molecule has 6 heteroatoms. The maximum atomic E-state index is 12.8. The first-order valence-corrected chi connectivity index (χ1v) is 8.07. The van der Waals surface area contributed by atoms with Gasteiger partial charge in [0.1, 0.15) is 17.7 Å². The molecule has 2 heterocycles. The molecule has 1 aliphatic heterocycles. The van der Waals surface area contributed by atoms with E-state index in [1.54, 1.807) is 24.4 Å². The number of hydrogen-bond acceptors (Lipinski definition) is 4. The standard InChI is InChI=1S/C18H20FN3O2/c19-14-5-3-13(4-6-14)9-10-20-15-7-8-17(21-12-15)22-18(23)16-2-1-11-24-16/h3-8,12,16,20H,1-2,9-11H2,(H,21,22,23). The normalized spacial score (nSPS) is 16.8. The zero-order valence-corrected chi connectivity index (χ0v) is 13.3. The lowest BCUT2D eigenvalue weighted by Gasteiger charge is -2.11. The van der Waals surface area contributed by atoms with Crippen LogP contribution in [0.15, 0.2) is 42.6 Å². The van der Waals surface area contributed by atoms with Crippen molar-refractivity contribution in [2.45, 2.75) is 25.4 Å². The lowest BCUT2D eigenvalue weighted by Crippen LogP contribution is -2.27. The van der Waals surface area contributed by atoms with Gasteiger partial charge in [-0.05, 0) is 49.1 Å². The van der Waals surface area contributed by atoms with Gasteiger partial charge in [0.2, 0.25) is 0 Å². The maximum Gasteiger partial charge on any atom is 0.254 e. The van der Waals surface area contributed by atoms with Crippen molar-refractivity contribution in [1.29, 1.82) is 0 Å². The molecular formula is C18H20FN3O2. The third-order valence-electron chi connectivity index (χ3n) is 3.89. The molecule has 5 nitrogen and oxygen atoms in total. The van der Waals surface area contributed by atoms with E-state index in [9.17, 15) is 9.18 Å². The molecule has 0 aliphatic carbocycles. The van der Waals surface area contributed by atoms with Crippen LogP contribution in [-0.2, 0) is 16.0 Å². The molecule has 0 spiro atoms. The van der Waals surface area contributed by atoms with E-state index in [1.807, 2.05) is 6.07 Å². The van der Waals surface area contributed by atoms with Gasteiger partial charge in [0, 0.05) is 13.2 Å². The molecule has 3 rings (SSSR count). The number of nitrogens with one attached hydrogen (secondary N) is 2. The molecule has 1 unspecified atom stereocenters. The van der Waals surface area contributed by atoms with E-state index in [2.05, 4.69) is 15.6 Å². The van der Waals surface area contributed by atoms with Crippen LogP contribution in [0.2, 0.25) is 0 Å². The average molecular weight is 329 g/mol. The van der Waals surface area contributed by atoms with E-state index in [1.165, 1.54) is 12.1 Å². The lowest BCUT2D eigenvalue weighted by molar-refractivity contribution is -0.124. The monoisotopic (exact) mass is 329 g/mol. The minimum absolute atomic E-state index is 0.142. The number of amides is 1. The predicted octanol–water partition coefficient (Wildman–Crippen LogP) is 2.99. The van der Waals surface area contributed by atoms with Gasteiger partial charge in [-0.15, -0.1) is 0 Å². The summed E-state index contributed by atoms with van der Waals surface area (Å²) < 4.78 is 18.2. The van der Waals surface area contributed by atoms with Crippen LogP contribution < -0.4 is 10.6 Å². The molecule has 2 N–H and O–H groups in total. The Hall–Kier alpha value is -2.47. The number of carbonyl (C=O) groups excluding carboxylic acids is 1. The van der Waals surface area contributed by atoms with Crippen molar-refractivity contribution in [2.75, 3.05) is 23.8 Å². The molecule has 126 valence electrons. The summed E-state index contributed by atoms with van der Waals surface area (Å²) in [6.07, 6.45) is 3.78. The highest BCUT2D eigenvalue weighted by atomic mass is 19.1. The molecule has 1 aliphatic rings. The Balaban J connectivity index is 1.45. The van der Waals surface area contributed by atoms with Crippen LogP contribution >= 0.6 is 0 Å². The summed E-state index contributed by atoms with van der Waals surface area (Å²) in [4.78, 5) is 16.2. The highest BCUT2D eigenvalue weighted by molar-refractivity contribution is 5.93. The van der Waals surface area contributed by atoms with Crippen LogP contribution in [-0.4, -0.2) is 30.1 Å². The van der Waals surface area contributed by atoms with Gasteiger partial charge in [0.25, 0.3) is 5.91 Å². The number of carbonyl (C=O) groups is 1. The fourth-order valence-electron chi connectivity index (χ4n) is 2.57. The number of aromatic nitrogens is 1. The van der Waals surface area contributed by atoms with Crippen LogP contribution in [0.3, 0.4) is 0 Å². The summed E-state index contributed by atoms with van der Waals surface area (Å²) in [6, 6.07) is 10.1. The predicted molar refractivity (Wildman–Crippen MR) is 90.4 cm³/mol. The van der Waals surface area contributed by atoms with Crippen molar-refractivity contribution in [2.24, 2.45) is 0 Å². The Labute approximate surface area is 140 Å². The maximum absolute atomic E-state index is 12.8. The first kappa shape index (κ1) is 16.4. The molecule has 1 amide bonds. The van der Waals surface area contributed by atoms with E-state index in [0.29, 0.717) is 12.4 Å². The second-order valence-corrected chi connectivity index (χ2v) is 5.73. The Morgan fingerprint density at radius 2 is 2.08 bits per heavy atom. The molecule has 1 aromatic heterocycles. The molecule has 1 fully saturated rings. The largest absolute Gasteiger partial charge is 0.383 e. The Morgan fingerprint density at radius 1 is 1.25 bits per heavy atom. The van der Waals surface area contributed by atoms with Crippen molar-refractivity contribution in [1.82, 2.24) is 4.98 Å². The first-order chi connectivity index (χ1) is 11.7. The summed E-state index contributed by atoms with van der Waals surface area (Å²) in [6.45, 7) is 1.36. The van der Waals surface area contributed by atoms with Crippen molar-refractivity contribution in [3.63, 3.8) is 0 Å². The van der Waals surface area contributed by atoms with Gasteiger partial charge in [0.15, 0.2) is 0 Å². The van der Waals surface area contributed by atoms with E-state index >= 15 is 0 Å². The SMILES string of the molecule is O=C(Nc1ccc(NCCc2ccc(F)cc2)cn1)C1CCCO1. The van der Waals surface area contributed by atoms with Crippen LogP contribution in [0, 0.1) is 5.82 Å². The number of nitrogens with zero attached hydrogens (tertiary/aromatic N) is 1. The Kier molecular flexibility index (Phi) is 5.38. The fraction of sp³-hybridized carbons (Fsp3) is 0.333. The number of hydrogen-bond donors (Lipinski definition) is 2. The highest BCUT2D eigenvalue weighted by Crippen LogP contribution is 2.15. The zero-order valence-electron chi connectivity index (χ0n) is 13.3. The molecule has 24 heavy (non-hydrogen) atoms. The second-order valence-electron chi connectivity index (χ2n) is 5.73. The molecule has 2 aromatic rings. The number of anilines is 2. The number of ether oxygens (including phenoxy) is 1. The molecule has 0 radical (unpaired) electrons. The average Bonchev–Trinajstić information content (AvgIpc) is 3.13. The van der Waals surface area contributed by atoms with Crippen molar-refractivity contribution in [3.05, 3.63) is 54.0 Å². The third kappa shape index (κ3) is 4.52. The van der Waals surface area contributed by atoms with E-state index < -0.39 is 0 Å². The molecule has 1 aromatic carbocycles. The number of benzene rings is 1. The molecular weight excluding hydrogens is 309 g/mol.